The summed E-state index contributed by atoms with van der Waals surface area (Å²) in [5.41, 5.74) is 7.80. The van der Waals surface area contributed by atoms with Crippen molar-refractivity contribution >= 4 is 5.95 Å². The average Bonchev–Trinajstić information content (AvgIpc) is 2.84. The van der Waals surface area contributed by atoms with Crippen LogP contribution in [0.1, 0.15) is 30.7 Å². The summed E-state index contributed by atoms with van der Waals surface area (Å²) in [7, 11) is 1.00. The van der Waals surface area contributed by atoms with E-state index in [2.05, 4.69) is 20.3 Å². The molecule has 3 heterocycles. The average molecular weight is 563 g/mol. The van der Waals surface area contributed by atoms with Crippen molar-refractivity contribution in [2.45, 2.75) is 26.2 Å². The maximum atomic E-state index is 13.5. The molecular formula is C24H27F3N5O2Y-. The first-order chi connectivity index (χ1) is 16.4. The van der Waals surface area contributed by atoms with Crippen LogP contribution in [0.2, 0.25) is 0 Å². The molecule has 0 unspecified atom stereocenters. The minimum Gasteiger partial charge on any atom is -0.662 e. The van der Waals surface area contributed by atoms with Gasteiger partial charge in [-0.3, -0.25) is 4.98 Å². The molecule has 35 heavy (non-hydrogen) atoms. The molecule has 3 N–H and O–H groups in total. The van der Waals surface area contributed by atoms with Gasteiger partial charge in [-0.2, -0.15) is 4.98 Å². The second kappa shape index (κ2) is 13.8. The van der Waals surface area contributed by atoms with Gasteiger partial charge >= 0.3 is 0 Å². The van der Waals surface area contributed by atoms with E-state index in [1.807, 2.05) is 0 Å². The number of aliphatic hydroxyl groups is 1. The third-order valence-corrected chi connectivity index (χ3v) is 5.34. The Morgan fingerprint density at radius 2 is 1.71 bits per heavy atom. The van der Waals surface area contributed by atoms with Gasteiger partial charge < -0.3 is 20.9 Å². The molecule has 7 nitrogen and oxygen atoms in total. The van der Waals surface area contributed by atoms with Gasteiger partial charge in [0.1, 0.15) is 11.5 Å². The van der Waals surface area contributed by atoms with Crippen molar-refractivity contribution in [3.05, 3.63) is 58.9 Å². The second-order valence-electron chi connectivity index (χ2n) is 7.77. The molecule has 1 fully saturated rings. The van der Waals surface area contributed by atoms with Gasteiger partial charge in [-0.15, -0.1) is 13.1 Å². The number of nitrogens with zero attached hydrogens (tertiary/aromatic N) is 4. The Morgan fingerprint density at radius 1 is 1.06 bits per heavy atom. The Hall–Kier alpha value is -2.14. The molecule has 185 valence electrons. The van der Waals surface area contributed by atoms with Gasteiger partial charge in [0.2, 0.25) is 11.8 Å². The van der Waals surface area contributed by atoms with Crippen molar-refractivity contribution in [3.63, 3.8) is 0 Å². The Bertz CT molecular complexity index is 1100. The predicted octanol–water partition coefficient (Wildman–Crippen LogP) is 4.94. The van der Waals surface area contributed by atoms with Crippen LogP contribution in [0.3, 0.4) is 0 Å². The molecule has 1 radical (unpaired) electrons. The topological polar surface area (TPSA) is 108 Å². The number of benzene rings is 1. The van der Waals surface area contributed by atoms with E-state index in [-0.39, 0.29) is 50.2 Å². The van der Waals surface area contributed by atoms with E-state index in [1.54, 1.807) is 25.1 Å². The minimum absolute atomic E-state index is 0. The third-order valence-electron chi connectivity index (χ3n) is 5.34. The monoisotopic (exact) mass is 563 g/mol. The maximum absolute atomic E-state index is 13.5. The number of nitrogen functional groups attached to an aromatic ring is 1. The van der Waals surface area contributed by atoms with Gasteiger partial charge in [-0.25, -0.2) is 18.2 Å². The fraction of sp³-hybridized carbons (Fsp3) is 0.375. The number of aromatic nitrogens is 3. The first-order valence-electron chi connectivity index (χ1n) is 10.8. The number of nitrogens with two attached hydrogens (primary N) is 1. The summed E-state index contributed by atoms with van der Waals surface area (Å²) < 4.78 is 46.5. The van der Waals surface area contributed by atoms with Crippen LogP contribution >= 0.6 is 0 Å². The first-order valence-corrected chi connectivity index (χ1v) is 10.8. The summed E-state index contributed by atoms with van der Waals surface area (Å²) in [6, 6.07) is 8.66. The molecule has 0 atom stereocenters. The summed E-state index contributed by atoms with van der Waals surface area (Å²) in [6.45, 7) is 3.61. The molecule has 1 aromatic carbocycles. The van der Waals surface area contributed by atoms with Crippen LogP contribution in [0, 0.1) is 18.7 Å². The predicted molar refractivity (Wildman–Crippen MR) is 124 cm³/mol. The number of aliphatic hydroxyl groups excluding tert-OH is 1. The zero-order valence-corrected chi connectivity index (χ0v) is 22.4. The van der Waals surface area contributed by atoms with Crippen LogP contribution in [-0.2, 0) is 32.7 Å². The van der Waals surface area contributed by atoms with Crippen LogP contribution in [0.5, 0.6) is 5.88 Å². The molecule has 0 aliphatic carbocycles. The van der Waals surface area contributed by atoms with Gasteiger partial charge in [0, 0.05) is 51.1 Å². The third kappa shape index (κ3) is 7.67. The molecule has 4 rings (SSSR count). The largest absolute Gasteiger partial charge is 0.662 e. The van der Waals surface area contributed by atoms with Crippen LogP contribution in [0.4, 0.5) is 19.1 Å². The molecule has 3 aromatic rings. The normalized spacial score (nSPS) is 13.6. The number of hydrogen-bond acceptors (Lipinski definition) is 6. The van der Waals surface area contributed by atoms with E-state index in [9.17, 15) is 13.2 Å². The number of aryl methyl sites for hydroxylation is 1. The quantitative estimate of drug-likeness (QED) is 0.440. The van der Waals surface area contributed by atoms with Crippen molar-refractivity contribution < 1.29 is 55.7 Å². The van der Waals surface area contributed by atoms with Crippen LogP contribution < -0.4 is 10.5 Å². The van der Waals surface area contributed by atoms with Crippen molar-refractivity contribution in [2.75, 3.05) is 32.5 Å². The van der Waals surface area contributed by atoms with E-state index in [1.165, 1.54) is 18.2 Å². The molecule has 0 spiro atoms. The Labute approximate surface area is 227 Å². The van der Waals surface area contributed by atoms with Crippen LogP contribution in [0.15, 0.2) is 36.4 Å². The van der Waals surface area contributed by atoms with Gasteiger partial charge in [-0.1, -0.05) is 12.8 Å². The summed E-state index contributed by atoms with van der Waals surface area (Å²) in [6.07, 6.45) is -0.928. The standard InChI is InChI=1S/C23H23F3N5O.CH4O.Y/c1-13-10-16(11-18(29-13)21(25)26)19-20(15-2-4-17(24)5-3-15)30-23(27)31-22(19)32-12-14-6-8-28-9-7-14;1-2;/h2-5,10-11,14,21H,6-9,12H2,1H3,(H2,27,30,31);2H,1H3;/q-1;;. The van der Waals surface area contributed by atoms with E-state index >= 15 is 0 Å². The molecule has 2 aromatic heterocycles. The van der Waals surface area contributed by atoms with Gasteiger partial charge in [-0.05, 0) is 54.8 Å². The minimum atomic E-state index is -2.74. The van der Waals surface area contributed by atoms with Gasteiger partial charge in [0.15, 0.2) is 0 Å². The van der Waals surface area contributed by atoms with Crippen molar-refractivity contribution in [1.82, 2.24) is 15.0 Å². The summed E-state index contributed by atoms with van der Waals surface area (Å²) in [5, 5.41) is 11.3. The molecule has 1 aliphatic rings. The molecule has 0 saturated carbocycles. The van der Waals surface area contributed by atoms with Crippen molar-refractivity contribution in [1.29, 1.82) is 0 Å². The SMILES string of the molecule is CO.Cc1cc(-c2c(OCC3CC[N-]CC3)nc(N)nc2-c2ccc(F)cc2)cc(C(F)F)n1.[Y]. The van der Waals surface area contributed by atoms with Crippen molar-refractivity contribution in [3.8, 4) is 28.3 Å². The van der Waals surface area contributed by atoms with E-state index in [4.69, 9.17) is 15.6 Å². The number of halogens is 3. The number of piperidine rings is 1. The number of alkyl halides is 2. The number of anilines is 1. The smallest absolute Gasteiger partial charge is 0.280 e. The maximum Gasteiger partial charge on any atom is 0.280 e. The van der Waals surface area contributed by atoms with Gasteiger partial charge in [0.05, 0.1) is 17.9 Å². The Balaban J connectivity index is 0.00000140. The fourth-order valence-corrected chi connectivity index (χ4v) is 3.76. The Kier molecular flexibility index (Phi) is 11.5. The van der Waals surface area contributed by atoms with Gasteiger partial charge in [0.25, 0.3) is 6.43 Å². The van der Waals surface area contributed by atoms with Crippen LogP contribution in [0.25, 0.3) is 27.7 Å². The molecule has 0 amide bonds. The first kappa shape index (κ1) is 29.1. The van der Waals surface area contributed by atoms with Crippen molar-refractivity contribution in [2.24, 2.45) is 5.92 Å². The summed E-state index contributed by atoms with van der Waals surface area (Å²) in [5.74, 6) is 0.0737. The zero-order chi connectivity index (χ0) is 24.7. The molecular weight excluding hydrogens is 536 g/mol. The molecule has 1 aliphatic heterocycles. The van der Waals surface area contributed by atoms with E-state index in [0.29, 0.717) is 40.6 Å². The summed E-state index contributed by atoms with van der Waals surface area (Å²) >= 11 is 0. The Morgan fingerprint density at radius 3 is 2.34 bits per heavy atom. The fourth-order valence-electron chi connectivity index (χ4n) is 3.76. The van der Waals surface area contributed by atoms with E-state index < -0.39 is 12.2 Å². The zero-order valence-electron chi connectivity index (χ0n) is 19.6. The number of ether oxygens (including phenoxy) is 1. The molecule has 1 saturated heterocycles. The molecule has 11 heteroatoms. The summed E-state index contributed by atoms with van der Waals surface area (Å²) in [4.78, 5) is 12.6. The molecule has 0 bridgehead atoms. The number of rotatable bonds is 6. The van der Waals surface area contributed by atoms with Crippen LogP contribution in [-0.4, -0.2) is 46.9 Å². The second-order valence-corrected chi connectivity index (χ2v) is 7.77. The number of hydrogen-bond donors (Lipinski definition) is 2. The number of pyridine rings is 1. The van der Waals surface area contributed by atoms with E-state index in [0.717, 1.165) is 33.0 Å².